The standard InChI is InChI=1S/C9H3BrCl4F3/c10-6-1-4(9(15,16)17)2-7(11)5(6)3-8(12,13)14/h2H,3H2. The monoisotopic (exact) mass is 387 g/mol. The van der Waals surface area contributed by atoms with E-state index in [1.165, 1.54) is 0 Å². The maximum atomic E-state index is 12.4. The molecular formula is C9H3BrCl4F3. The maximum Gasteiger partial charge on any atom is 0.417 e. The molecule has 0 bridgehead atoms. The summed E-state index contributed by atoms with van der Waals surface area (Å²) in [6.45, 7) is 0. The lowest BCUT2D eigenvalue weighted by atomic mass is 10.1. The molecule has 0 aliphatic rings. The Balaban J connectivity index is 3.20. The third kappa shape index (κ3) is 4.67. The van der Waals surface area contributed by atoms with Gasteiger partial charge in [-0.2, -0.15) is 13.2 Å². The third-order valence-corrected chi connectivity index (χ3v) is 3.17. The van der Waals surface area contributed by atoms with Gasteiger partial charge in [-0.15, -0.1) is 0 Å². The molecule has 0 heterocycles. The molecule has 17 heavy (non-hydrogen) atoms. The minimum absolute atomic E-state index is 0.0312. The van der Waals surface area contributed by atoms with Crippen LogP contribution in [0.15, 0.2) is 10.5 Å². The van der Waals surface area contributed by atoms with Crippen LogP contribution in [0, 0.1) is 6.07 Å². The molecule has 0 spiro atoms. The molecule has 1 aromatic rings. The molecule has 0 saturated carbocycles. The first kappa shape index (κ1) is 15.7. The molecule has 0 aromatic heterocycles. The van der Waals surface area contributed by atoms with Crippen LogP contribution in [0.5, 0.6) is 0 Å². The van der Waals surface area contributed by atoms with Gasteiger partial charge in [-0.25, -0.2) is 0 Å². The number of hydrogen-bond acceptors (Lipinski definition) is 0. The zero-order chi connectivity index (χ0) is 13.4. The predicted octanol–water partition coefficient (Wildman–Crippen LogP) is 5.83. The van der Waals surface area contributed by atoms with E-state index < -0.39 is 15.5 Å². The van der Waals surface area contributed by atoms with E-state index in [1.54, 1.807) is 0 Å². The van der Waals surface area contributed by atoms with E-state index in [-0.39, 0.29) is 21.5 Å². The Kier molecular flexibility index (Phi) is 4.93. The van der Waals surface area contributed by atoms with Crippen molar-refractivity contribution < 1.29 is 13.2 Å². The summed E-state index contributed by atoms with van der Waals surface area (Å²) < 4.78 is 35.7. The van der Waals surface area contributed by atoms with Crippen LogP contribution in [-0.2, 0) is 12.6 Å². The highest BCUT2D eigenvalue weighted by Gasteiger charge is 2.33. The van der Waals surface area contributed by atoms with Crippen LogP contribution in [0.1, 0.15) is 11.1 Å². The lowest BCUT2D eigenvalue weighted by molar-refractivity contribution is -0.137. The zero-order valence-electron chi connectivity index (χ0n) is 7.81. The van der Waals surface area contributed by atoms with E-state index in [4.69, 9.17) is 46.4 Å². The largest absolute Gasteiger partial charge is 0.417 e. The van der Waals surface area contributed by atoms with Crippen LogP contribution >= 0.6 is 62.3 Å². The van der Waals surface area contributed by atoms with Crippen LogP contribution < -0.4 is 0 Å². The number of benzene rings is 1. The molecule has 95 valence electrons. The quantitative estimate of drug-likeness (QED) is 0.530. The lowest BCUT2D eigenvalue weighted by Crippen LogP contribution is -2.10. The van der Waals surface area contributed by atoms with Crippen molar-refractivity contribution in [3.05, 3.63) is 32.8 Å². The first-order valence-electron chi connectivity index (χ1n) is 4.05. The van der Waals surface area contributed by atoms with Crippen molar-refractivity contribution in [2.75, 3.05) is 0 Å². The molecule has 1 radical (unpaired) electrons. The maximum absolute atomic E-state index is 12.4. The van der Waals surface area contributed by atoms with Gasteiger partial charge >= 0.3 is 6.18 Å². The van der Waals surface area contributed by atoms with Crippen molar-refractivity contribution in [1.82, 2.24) is 0 Å². The first-order chi connectivity index (χ1) is 7.50. The molecule has 0 fully saturated rings. The van der Waals surface area contributed by atoms with Gasteiger partial charge in [0, 0.05) is 22.0 Å². The van der Waals surface area contributed by atoms with Gasteiger partial charge < -0.3 is 0 Å². The van der Waals surface area contributed by atoms with Crippen molar-refractivity contribution in [2.45, 2.75) is 16.4 Å². The molecular weight excluding hydrogens is 387 g/mol. The highest BCUT2D eigenvalue weighted by molar-refractivity contribution is 9.10. The summed E-state index contributed by atoms with van der Waals surface area (Å²) in [6.07, 6.45) is -4.64. The molecule has 0 saturated heterocycles. The molecule has 1 aromatic carbocycles. The summed E-state index contributed by atoms with van der Waals surface area (Å²) in [5.41, 5.74) is -0.720. The molecule has 0 atom stereocenters. The smallest absolute Gasteiger partial charge is 0.166 e. The van der Waals surface area contributed by atoms with Crippen molar-refractivity contribution in [1.29, 1.82) is 0 Å². The molecule has 0 aliphatic carbocycles. The Morgan fingerprint density at radius 1 is 1.24 bits per heavy atom. The molecule has 0 amide bonds. The molecule has 0 aliphatic heterocycles. The minimum Gasteiger partial charge on any atom is -0.166 e. The Labute approximate surface area is 124 Å². The molecule has 0 nitrogen and oxygen atoms in total. The average molecular weight is 390 g/mol. The van der Waals surface area contributed by atoms with E-state index in [9.17, 15) is 13.2 Å². The highest BCUT2D eigenvalue weighted by Crippen LogP contribution is 2.39. The van der Waals surface area contributed by atoms with E-state index in [1.807, 2.05) is 0 Å². The number of rotatable bonds is 1. The van der Waals surface area contributed by atoms with Crippen molar-refractivity contribution in [3.63, 3.8) is 0 Å². The highest BCUT2D eigenvalue weighted by atomic mass is 79.9. The van der Waals surface area contributed by atoms with Gasteiger partial charge in [0.25, 0.3) is 0 Å². The van der Waals surface area contributed by atoms with E-state index >= 15 is 0 Å². The van der Waals surface area contributed by atoms with E-state index in [0.29, 0.717) is 0 Å². The summed E-state index contributed by atoms with van der Waals surface area (Å²) in [5.74, 6) is 0. The predicted molar refractivity (Wildman–Crippen MR) is 67.0 cm³/mol. The Morgan fingerprint density at radius 2 is 1.76 bits per heavy atom. The fourth-order valence-electron chi connectivity index (χ4n) is 1.06. The second kappa shape index (κ2) is 5.33. The summed E-state index contributed by atoms with van der Waals surface area (Å²) in [7, 11) is 0. The van der Waals surface area contributed by atoms with Gasteiger partial charge in [0.1, 0.15) is 0 Å². The summed E-state index contributed by atoms with van der Waals surface area (Å²) in [5, 5.41) is -0.130. The number of alkyl halides is 6. The normalized spacial score (nSPS) is 12.9. The van der Waals surface area contributed by atoms with Gasteiger partial charge in [0.15, 0.2) is 3.79 Å². The van der Waals surface area contributed by atoms with E-state index in [0.717, 1.165) is 6.07 Å². The van der Waals surface area contributed by atoms with Crippen LogP contribution in [-0.4, -0.2) is 3.79 Å². The fraction of sp³-hybridized carbons (Fsp3) is 0.333. The fourth-order valence-corrected chi connectivity index (χ4v) is 2.42. The summed E-state index contributed by atoms with van der Waals surface area (Å²) in [6, 6.07) is 2.86. The Morgan fingerprint density at radius 3 is 2.12 bits per heavy atom. The van der Waals surface area contributed by atoms with Crippen LogP contribution in [0.4, 0.5) is 13.2 Å². The second-order valence-electron chi connectivity index (χ2n) is 3.11. The third-order valence-electron chi connectivity index (χ3n) is 1.75. The lowest BCUT2D eigenvalue weighted by Gasteiger charge is -2.15. The Hall–Kier alpha value is 0.650. The van der Waals surface area contributed by atoms with Gasteiger partial charge in [-0.1, -0.05) is 46.4 Å². The summed E-state index contributed by atoms with van der Waals surface area (Å²) >= 11 is 25.3. The summed E-state index contributed by atoms with van der Waals surface area (Å²) in [4.78, 5) is 0. The van der Waals surface area contributed by atoms with E-state index in [2.05, 4.69) is 22.0 Å². The van der Waals surface area contributed by atoms with Crippen molar-refractivity contribution >= 4 is 62.3 Å². The van der Waals surface area contributed by atoms with Gasteiger partial charge in [-0.3, -0.25) is 0 Å². The minimum atomic E-state index is -4.52. The molecule has 8 heteroatoms. The second-order valence-corrected chi connectivity index (χ2v) is 6.83. The van der Waals surface area contributed by atoms with Crippen LogP contribution in [0.25, 0.3) is 0 Å². The molecule has 0 N–H and O–H groups in total. The zero-order valence-corrected chi connectivity index (χ0v) is 12.4. The van der Waals surface area contributed by atoms with Crippen LogP contribution in [0.2, 0.25) is 5.02 Å². The molecule has 0 unspecified atom stereocenters. The van der Waals surface area contributed by atoms with Gasteiger partial charge in [-0.05, 0) is 27.6 Å². The Bertz CT molecular complexity index is 402. The van der Waals surface area contributed by atoms with Gasteiger partial charge in [0.05, 0.1) is 5.56 Å². The van der Waals surface area contributed by atoms with Crippen molar-refractivity contribution in [2.24, 2.45) is 0 Å². The van der Waals surface area contributed by atoms with Gasteiger partial charge in [0.2, 0.25) is 0 Å². The number of halogens is 8. The topological polar surface area (TPSA) is 0 Å². The average Bonchev–Trinajstić information content (AvgIpc) is 2.07. The molecule has 1 rings (SSSR count). The SMILES string of the molecule is FC(F)(F)c1[c]c(Br)c(CC(Cl)(Cl)Cl)c(Cl)c1. The van der Waals surface area contributed by atoms with Crippen LogP contribution in [0.3, 0.4) is 0 Å². The number of hydrogen-bond donors (Lipinski definition) is 0. The van der Waals surface area contributed by atoms with Crippen molar-refractivity contribution in [3.8, 4) is 0 Å². The first-order valence-corrected chi connectivity index (χ1v) is 6.35.